The zero-order chi connectivity index (χ0) is 21.7. The second-order valence-corrected chi connectivity index (χ2v) is 8.91. The first-order valence-corrected chi connectivity index (χ1v) is 11.5. The summed E-state index contributed by atoms with van der Waals surface area (Å²) in [6, 6.07) is 14.8. The number of carbonyl (C=O) groups excluding carboxylic acids is 1. The smallest absolute Gasteiger partial charge is 0.360 e. The van der Waals surface area contributed by atoms with Crippen molar-refractivity contribution >= 4 is 34.0 Å². The lowest BCUT2D eigenvalue weighted by atomic mass is 9.99. The first-order chi connectivity index (χ1) is 15.7. The number of carbonyl (C=O) groups is 1. The quantitative estimate of drug-likeness (QED) is 0.623. The minimum atomic E-state index is -0.337. The van der Waals surface area contributed by atoms with Crippen LogP contribution in [0.1, 0.15) is 36.6 Å². The number of hydrogen-bond acceptors (Lipinski definition) is 3. The Morgan fingerprint density at radius 2 is 2.00 bits per heavy atom. The second-order valence-electron chi connectivity index (χ2n) is 8.91. The first-order valence-electron chi connectivity index (χ1n) is 11.5. The predicted octanol–water partition coefficient (Wildman–Crippen LogP) is 4.75. The zero-order valence-corrected chi connectivity index (χ0v) is 18.3. The van der Waals surface area contributed by atoms with Crippen molar-refractivity contribution in [3.8, 4) is 0 Å². The van der Waals surface area contributed by atoms with E-state index in [1.54, 1.807) is 0 Å². The summed E-state index contributed by atoms with van der Waals surface area (Å²) in [6.45, 7) is 4.17. The van der Waals surface area contributed by atoms with Crippen molar-refractivity contribution in [1.82, 2.24) is 10.4 Å². The first kappa shape index (κ1) is 19.2. The summed E-state index contributed by atoms with van der Waals surface area (Å²) < 4.78 is 0. The predicted molar refractivity (Wildman–Crippen MR) is 130 cm³/mol. The van der Waals surface area contributed by atoms with E-state index in [1.807, 2.05) is 23.2 Å². The summed E-state index contributed by atoms with van der Waals surface area (Å²) in [5.74, 6) is 0. The Morgan fingerprint density at radius 3 is 2.88 bits per heavy atom. The van der Waals surface area contributed by atoms with Gasteiger partial charge in [-0.25, -0.2) is 10.2 Å². The lowest BCUT2D eigenvalue weighted by Gasteiger charge is -2.27. The summed E-state index contributed by atoms with van der Waals surface area (Å²) >= 11 is 0. The van der Waals surface area contributed by atoms with Crippen molar-refractivity contribution in [3.63, 3.8) is 0 Å². The molecule has 2 N–H and O–H groups in total. The molecule has 3 aromatic rings. The molecule has 2 amide bonds. The van der Waals surface area contributed by atoms with Gasteiger partial charge in [-0.3, -0.25) is 5.01 Å². The fraction of sp³-hybridized carbons (Fsp3) is 0.308. The van der Waals surface area contributed by atoms with Crippen molar-refractivity contribution in [3.05, 3.63) is 71.4 Å². The maximum atomic E-state index is 12.9. The van der Waals surface area contributed by atoms with E-state index in [2.05, 4.69) is 63.6 Å². The van der Waals surface area contributed by atoms with Gasteiger partial charge in [-0.2, -0.15) is 4.99 Å². The number of amides is 2. The molecule has 3 aliphatic rings. The average molecular weight is 426 g/mol. The minimum Gasteiger partial charge on any atom is -0.369 e. The molecule has 1 aliphatic carbocycles. The number of hydrazine groups is 1. The van der Waals surface area contributed by atoms with Crippen molar-refractivity contribution in [1.29, 1.82) is 0 Å². The number of benzene rings is 2. The molecule has 0 saturated carbocycles. The number of aliphatic imine (C=N–C) groups is 1. The highest BCUT2D eigenvalue weighted by molar-refractivity contribution is 6.20. The van der Waals surface area contributed by atoms with E-state index >= 15 is 0 Å². The van der Waals surface area contributed by atoms with E-state index in [4.69, 9.17) is 0 Å². The van der Waals surface area contributed by atoms with Crippen LogP contribution in [-0.4, -0.2) is 35.9 Å². The van der Waals surface area contributed by atoms with Crippen molar-refractivity contribution < 1.29 is 4.79 Å². The normalized spacial score (nSPS) is 20.8. The number of fused-ring (bicyclic) bond motifs is 4. The van der Waals surface area contributed by atoms with Crippen LogP contribution >= 0.6 is 0 Å². The number of nitrogens with zero attached hydrogens (tertiary/aromatic N) is 3. The number of nitrogens with one attached hydrogen (secondary N) is 2. The third-order valence-electron chi connectivity index (χ3n) is 6.96. The lowest BCUT2D eigenvalue weighted by Crippen LogP contribution is -2.40. The van der Waals surface area contributed by atoms with Crippen LogP contribution in [0.4, 0.5) is 16.2 Å². The number of para-hydroxylation sites is 1. The third-order valence-corrected chi connectivity index (χ3v) is 6.96. The maximum absolute atomic E-state index is 12.9. The molecule has 6 nitrogen and oxygen atoms in total. The van der Waals surface area contributed by atoms with Gasteiger partial charge >= 0.3 is 6.03 Å². The highest BCUT2D eigenvalue weighted by Gasteiger charge is 2.29. The molecule has 6 heteroatoms. The van der Waals surface area contributed by atoms with Crippen LogP contribution in [0.5, 0.6) is 0 Å². The number of aromatic amines is 1. The van der Waals surface area contributed by atoms with Gasteiger partial charge in [0, 0.05) is 59.0 Å². The third kappa shape index (κ3) is 3.09. The van der Waals surface area contributed by atoms with E-state index < -0.39 is 0 Å². The summed E-state index contributed by atoms with van der Waals surface area (Å²) in [4.78, 5) is 23.4. The van der Waals surface area contributed by atoms with Gasteiger partial charge in [0.2, 0.25) is 0 Å². The van der Waals surface area contributed by atoms with Crippen LogP contribution in [-0.2, 0) is 12.8 Å². The Morgan fingerprint density at radius 1 is 1.12 bits per heavy atom. The molecule has 162 valence electrons. The van der Waals surface area contributed by atoms with Crippen LogP contribution in [0, 0.1) is 0 Å². The van der Waals surface area contributed by atoms with Crippen molar-refractivity contribution in [2.24, 2.45) is 4.99 Å². The molecule has 0 radical (unpaired) electrons. The molecule has 1 aromatic heterocycles. The van der Waals surface area contributed by atoms with Gasteiger partial charge in [0.15, 0.2) is 0 Å². The number of allylic oxidation sites excluding steroid dienone is 2. The average Bonchev–Trinajstić information content (AvgIpc) is 3.50. The van der Waals surface area contributed by atoms with Crippen LogP contribution in [0.15, 0.2) is 59.6 Å². The van der Waals surface area contributed by atoms with E-state index in [-0.39, 0.29) is 6.03 Å². The molecule has 1 fully saturated rings. The number of H-pyrrole nitrogens is 1. The maximum Gasteiger partial charge on any atom is 0.360 e. The molecule has 32 heavy (non-hydrogen) atoms. The SMILES string of the molecule is CC1CCCN1c1cccc2c1CCN2NC(=O)N=C1C=CCc2[nH]c3ccccc3c21. The summed E-state index contributed by atoms with van der Waals surface area (Å²) in [6.07, 6.45) is 8.24. The van der Waals surface area contributed by atoms with E-state index in [0.717, 1.165) is 53.8 Å². The summed E-state index contributed by atoms with van der Waals surface area (Å²) in [7, 11) is 0. The standard InChI is InChI=1S/C26H27N5O/c1-17-7-6-15-30(17)23-12-5-13-24-19(23)14-16-31(24)29-26(32)28-22-11-4-10-21-25(22)18-8-2-3-9-20(18)27-21/h2-5,8-9,11-13,17,27H,6-7,10,14-16H2,1H3,(H,29,32). The van der Waals surface area contributed by atoms with Gasteiger partial charge in [-0.1, -0.05) is 30.3 Å². The summed E-state index contributed by atoms with van der Waals surface area (Å²) in [5.41, 5.74) is 10.7. The van der Waals surface area contributed by atoms with E-state index in [1.165, 1.54) is 24.1 Å². The van der Waals surface area contributed by atoms with Gasteiger partial charge in [-0.15, -0.1) is 0 Å². The molecule has 2 aliphatic heterocycles. The van der Waals surface area contributed by atoms with Gasteiger partial charge in [0.25, 0.3) is 0 Å². The van der Waals surface area contributed by atoms with Gasteiger partial charge in [0.1, 0.15) is 0 Å². The topological polar surface area (TPSA) is 63.7 Å². The molecular weight excluding hydrogens is 398 g/mol. The molecule has 2 aromatic carbocycles. The minimum absolute atomic E-state index is 0.337. The van der Waals surface area contributed by atoms with Gasteiger partial charge < -0.3 is 9.88 Å². The molecular formula is C26H27N5O. The Balaban J connectivity index is 1.27. The Bertz CT molecular complexity index is 1270. The number of anilines is 2. The van der Waals surface area contributed by atoms with Crippen LogP contribution in [0.2, 0.25) is 0 Å². The van der Waals surface area contributed by atoms with Crippen LogP contribution < -0.4 is 15.3 Å². The number of rotatable bonds is 2. The summed E-state index contributed by atoms with van der Waals surface area (Å²) in [5, 5.41) is 3.06. The highest BCUT2D eigenvalue weighted by Crippen LogP contribution is 2.37. The molecule has 3 heterocycles. The molecule has 1 saturated heterocycles. The largest absolute Gasteiger partial charge is 0.369 e. The Labute approximate surface area is 187 Å². The van der Waals surface area contributed by atoms with Gasteiger partial charge in [0.05, 0.1) is 11.4 Å². The number of aromatic nitrogens is 1. The number of hydrogen-bond donors (Lipinski definition) is 2. The van der Waals surface area contributed by atoms with E-state index in [9.17, 15) is 4.79 Å². The monoisotopic (exact) mass is 425 g/mol. The number of urea groups is 1. The highest BCUT2D eigenvalue weighted by atomic mass is 16.2. The molecule has 1 unspecified atom stereocenters. The fourth-order valence-corrected chi connectivity index (χ4v) is 5.45. The lowest BCUT2D eigenvalue weighted by molar-refractivity contribution is 0.248. The van der Waals surface area contributed by atoms with Crippen molar-refractivity contribution in [2.45, 2.75) is 38.6 Å². The zero-order valence-electron chi connectivity index (χ0n) is 18.3. The van der Waals surface area contributed by atoms with E-state index in [0.29, 0.717) is 11.8 Å². The Hall–Kier alpha value is -3.54. The van der Waals surface area contributed by atoms with Gasteiger partial charge in [-0.05, 0) is 50.5 Å². The van der Waals surface area contributed by atoms with Crippen LogP contribution in [0.3, 0.4) is 0 Å². The molecule has 6 rings (SSSR count). The fourth-order valence-electron chi connectivity index (χ4n) is 5.45. The van der Waals surface area contributed by atoms with Crippen molar-refractivity contribution in [2.75, 3.05) is 23.0 Å². The van der Waals surface area contributed by atoms with Crippen LogP contribution in [0.25, 0.3) is 10.9 Å². The Kier molecular flexibility index (Phi) is 4.52. The molecule has 0 spiro atoms. The molecule has 1 atom stereocenters. The molecule has 0 bridgehead atoms. The second kappa shape index (κ2) is 7.55.